The number of hydrogen-bond donors (Lipinski definition) is 5. The fourth-order valence-electron chi connectivity index (χ4n) is 2.52. The van der Waals surface area contributed by atoms with Crippen molar-refractivity contribution in [3.05, 3.63) is 35.9 Å². The van der Waals surface area contributed by atoms with Crippen molar-refractivity contribution in [2.24, 2.45) is 0 Å². The highest BCUT2D eigenvalue weighted by Crippen LogP contribution is 2.29. The smallest absolute Gasteiger partial charge is 0.335 e. The quantitative estimate of drug-likeness (QED) is 0.506. The van der Waals surface area contributed by atoms with Crippen molar-refractivity contribution in [2.45, 2.75) is 37.0 Å². The monoisotopic (exact) mass is 321 g/mol. The highest BCUT2D eigenvalue weighted by Gasteiger charge is 2.44. The number of carboxylic acids is 1. The summed E-state index contributed by atoms with van der Waals surface area (Å²) < 4.78 is 0. The lowest BCUT2D eigenvalue weighted by atomic mass is 9.80. The van der Waals surface area contributed by atoms with Crippen LogP contribution in [0.3, 0.4) is 0 Å². The molecule has 0 spiro atoms. The maximum atomic E-state index is 11.9. The molecule has 1 aliphatic carbocycles. The molecule has 1 aromatic carbocycles. The molecular formula is C16H19NO6. The highest BCUT2D eigenvalue weighted by atomic mass is 16.4. The summed E-state index contributed by atoms with van der Waals surface area (Å²) in [6, 6.07) is 5.38. The molecule has 1 aliphatic rings. The zero-order valence-electron chi connectivity index (χ0n) is 12.3. The van der Waals surface area contributed by atoms with Crippen LogP contribution < -0.4 is 5.32 Å². The van der Waals surface area contributed by atoms with Gasteiger partial charge in [0.2, 0.25) is 5.91 Å². The Bertz CT molecular complexity index is 612. The second kappa shape index (κ2) is 6.80. The van der Waals surface area contributed by atoms with Crippen molar-refractivity contribution in [1.29, 1.82) is 0 Å². The van der Waals surface area contributed by atoms with E-state index in [2.05, 4.69) is 5.32 Å². The average Bonchev–Trinajstić information content (AvgIpc) is 2.50. The van der Waals surface area contributed by atoms with Gasteiger partial charge in [-0.1, -0.05) is 12.1 Å². The second-order valence-corrected chi connectivity index (χ2v) is 5.69. The number of phenolic OH excluding ortho intramolecular Hbond substituents is 1. The van der Waals surface area contributed by atoms with Gasteiger partial charge in [-0.05, 0) is 36.6 Å². The van der Waals surface area contributed by atoms with Crippen LogP contribution in [0.2, 0.25) is 0 Å². The van der Waals surface area contributed by atoms with Crippen LogP contribution in [0.15, 0.2) is 30.3 Å². The fraction of sp³-hybridized carbons (Fsp3) is 0.375. The first-order valence-corrected chi connectivity index (χ1v) is 7.21. The van der Waals surface area contributed by atoms with Gasteiger partial charge in [-0.3, -0.25) is 4.79 Å². The minimum absolute atomic E-state index is 0.0563. The van der Waals surface area contributed by atoms with E-state index in [1.807, 2.05) is 0 Å². The third kappa shape index (κ3) is 4.30. The van der Waals surface area contributed by atoms with E-state index in [1.165, 1.54) is 24.3 Å². The Morgan fingerprint density at radius 2 is 1.91 bits per heavy atom. The molecule has 3 atom stereocenters. The molecule has 7 heteroatoms. The maximum Gasteiger partial charge on any atom is 0.335 e. The number of aliphatic hydroxyl groups is 2. The molecule has 1 fully saturated rings. The van der Waals surface area contributed by atoms with E-state index in [0.717, 1.165) is 0 Å². The first-order valence-electron chi connectivity index (χ1n) is 7.21. The van der Waals surface area contributed by atoms with Gasteiger partial charge < -0.3 is 25.7 Å². The summed E-state index contributed by atoms with van der Waals surface area (Å²) in [6.45, 7) is 0. The van der Waals surface area contributed by atoms with E-state index >= 15 is 0 Å². The predicted octanol–water partition coefficient (Wildman–Crippen LogP) is 0.251. The molecule has 0 bridgehead atoms. The van der Waals surface area contributed by atoms with Crippen molar-refractivity contribution in [1.82, 2.24) is 5.32 Å². The number of aromatic hydroxyl groups is 1. The summed E-state index contributed by atoms with van der Waals surface area (Å²) in [5, 5.41) is 40.6. The van der Waals surface area contributed by atoms with Crippen LogP contribution >= 0.6 is 0 Å². The molecule has 124 valence electrons. The number of carbonyl (C=O) groups excluding carboxylic acids is 1. The summed E-state index contributed by atoms with van der Waals surface area (Å²) in [6.07, 6.45) is 1.65. The summed E-state index contributed by atoms with van der Waals surface area (Å²) >= 11 is 0. The van der Waals surface area contributed by atoms with Crippen LogP contribution in [0.5, 0.6) is 5.75 Å². The number of nitrogens with one attached hydrogen (secondary N) is 1. The highest BCUT2D eigenvalue weighted by molar-refractivity contribution is 5.92. The molecule has 23 heavy (non-hydrogen) atoms. The summed E-state index contributed by atoms with van der Waals surface area (Å²) in [4.78, 5) is 23.0. The largest absolute Gasteiger partial charge is 0.508 e. The Balaban J connectivity index is 1.98. The van der Waals surface area contributed by atoms with E-state index in [0.29, 0.717) is 5.56 Å². The second-order valence-electron chi connectivity index (χ2n) is 5.69. The molecule has 0 unspecified atom stereocenters. The molecule has 0 saturated heterocycles. The van der Waals surface area contributed by atoms with Gasteiger partial charge in [0.15, 0.2) is 5.60 Å². The van der Waals surface area contributed by atoms with Crippen LogP contribution in [0.25, 0.3) is 6.08 Å². The number of carbonyl (C=O) groups is 2. The molecule has 0 aromatic heterocycles. The van der Waals surface area contributed by atoms with E-state index in [-0.39, 0.29) is 25.0 Å². The van der Waals surface area contributed by atoms with E-state index < -0.39 is 29.6 Å². The van der Waals surface area contributed by atoms with Crippen LogP contribution in [0, 0.1) is 0 Å². The predicted molar refractivity (Wildman–Crippen MR) is 81.5 cm³/mol. The molecule has 1 aromatic rings. The van der Waals surface area contributed by atoms with Crippen molar-refractivity contribution in [3.63, 3.8) is 0 Å². The van der Waals surface area contributed by atoms with Crippen LogP contribution in [-0.2, 0) is 9.59 Å². The number of hydrogen-bond acceptors (Lipinski definition) is 5. The van der Waals surface area contributed by atoms with Gasteiger partial charge in [0.1, 0.15) is 5.75 Å². The molecule has 0 aliphatic heterocycles. The molecule has 7 nitrogen and oxygen atoms in total. The van der Waals surface area contributed by atoms with Crippen LogP contribution in [0.1, 0.15) is 24.8 Å². The normalized spacial score (nSPS) is 27.7. The van der Waals surface area contributed by atoms with Gasteiger partial charge in [-0.15, -0.1) is 0 Å². The van der Waals surface area contributed by atoms with E-state index in [9.17, 15) is 24.9 Å². The number of amides is 1. The molecule has 1 saturated carbocycles. The lowest BCUT2D eigenvalue weighted by molar-refractivity contribution is -0.166. The molecule has 0 radical (unpaired) electrons. The lowest BCUT2D eigenvalue weighted by Crippen LogP contribution is -2.55. The Kier molecular flexibility index (Phi) is 5.02. The average molecular weight is 321 g/mol. The third-order valence-electron chi connectivity index (χ3n) is 3.92. The first-order chi connectivity index (χ1) is 10.8. The zero-order chi connectivity index (χ0) is 17.0. The Morgan fingerprint density at radius 3 is 2.52 bits per heavy atom. The van der Waals surface area contributed by atoms with Crippen molar-refractivity contribution in [3.8, 4) is 5.75 Å². The third-order valence-corrected chi connectivity index (χ3v) is 3.92. The van der Waals surface area contributed by atoms with Crippen molar-refractivity contribution >= 4 is 18.0 Å². The Labute approximate surface area is 132 Å². The number of aliphatic hydroxyl groups excluding tert-OH is 1. The van der Waals surface area contributed by atoms with Gasteiger partial charge >= 0.3 is 5.97 Å². The van der Waals surface area contributed by atoms with Gasteiger partial charge in [0.05, 0.1) is 12.1 Å². The van der Waals surface area contributed by atoms with Crippen molar-refractivity contribution < 1.29 is 30.0 Å². The standard InChI is InChI=1S/C16H19NO6/c18-11-4-1-10(2-5-11)3-6-14(20)17-12-9-16(23,15(21)22)8-7-13(12)19/h1-6,12-13,18-19,23H,7-9H2,(H,17,20)(H,21,22)/b6-3+/t12-,13+,16-/m0/s1. The Morgan fingerprint density at radius 1 is 1.26 bits per heavy atom. The van der Waals surface area contributed by atoms with Gasteiger partial charge in [-0.25, -0.2) is 4.79 Å². The summed E-state index contributed by atoms with van der Waals surface area (Å²) in [5.74, 6) is -1.75. The molecule has 5 N–H and O–H groups in total. The first kappa shape index (κ1) is 17.0. The maximum absolute atomic E-state index is 11.9. The molecule has 0 heterocycles. The van der Waals surface area contributed by atoms with Gasteiger partial charge in [0, 0.05) is 12.5 Å². The lowest BCUT2D eigenvalue weighted by Gasteiger charge is -2.36. The molecule has 2 rings (SSSR count). The van der Waals surface area contributed by atoms with E-state index in [1.54, 1.807) is 12.1 Å². The van der Waals surface area contributed by atoms with Gasteiger partial charge in [0.25, 0.3) is 0 Å². The summed E-state index contributed by atoms with van der Waals surface area (Å²) in [7, 11) is 0. The Hall–Kier alpha value is -2.38. The number of carboxylic acid groups (broad SMARTS) is 1. The number of phenols is 1. The minimum Gasteiger partial charge on any atom is -0.508 e. The summed E-state index contributed by atoms with van der Waals surface area (Å²) in [5.41, 5.74) is -1.23. The molecule has 1 amide bonds. The number of benzene rings is 1. The molecular weight excluding hydrogens is 302 g/mol. The van der Waals surface area contributed by atoms with Gasteiger partial charge in [-0.2, -0.15) is 0 Å². The van der Waals surface area contributed by atoms with Crippen LogP contribution in [0.4, 0.5) is 0 Å². The SMILES string of the molecule is O=C(/C=C/c1ccc(O)cc1)N[C@H]1C[C@](O)(C(=O)O)CC[C@H]1O. The van der Waals surface area contributed by atoms with Crippen molar-refractivity contribution in [2.75, 3.05) is 0 Å². The van der Waals surface area contributed by atoms with E-state index in [4.69, 9.17) is 5.11 Å². The van der Waals surface area contributed by atoms with Crippen LogP contribution in [-0.4, -0.2) is 50.0 Å². The zero-order valence-corrected chi connectivity index (χ0v) is 12.3. The fourth-order valence-corrected chi connectivity index (χ4v) is 2.52. The number of rotatable bonds is 4. The topological polar surface area (TPSA) is 127 Å². The minimum atomic E-state index is -1.93. The number of aliphatic carboxylic acids is 1.